The maximum atomic E-state index is 12.5. The Balaban J connectivity index is 0.00000338. The van der Waals surface area contributed by atoms with Crippen molar-refractivity contribution in [2.75, 3.05) is 13.6 Å². The number of alkyl halides is 2. The molecule has 0 radical (unpaired) electrons. The average Bonchev–Trinajstić information content (AvgIpc) is 2.60. The Morgan fingerprint density at radius 3 is 2.73 bits per heavy atom. The molecule has 1 heterocycles. The van der Waals surface area contributed by atoms with Crippen molar-refractivity contribution in [3.63, 3.8) is 0 Å². The SMILES string of the molecule is CN=C(NCCc1cccnc1)NCc1cc(C)ccc1OC(F)F.I. The second kappa shape index (κ2) is 11.6. The number of nitrogens with one attached hydrogen (secondary N) is 2. The van der Waals surface area contributed by atoms with Crippen LogP contribution in [0.25, 0.3) is 0 Å². The Kier molecular flexibility index (Phi) is 9.85. The minimum Gasteiger partial charge on any atom is -0.434 e. The standard InChI is InChI=1S/C18H22F2N4O.HI/c1-13-5-6-16(25-17(19)20)15(10-13)12-24-18(21-2)23-9-7-14-4-3-8-22-11-14;/h3-6,8,10-11,17H,7,9,12H2,1-2H3,(H2,21,23,24);1H. The van der Waals surface area contributed by atoms with Crippen LogP contribution >= 0.6 is 24.0 Å². The van der Waals surface area contributed by atoms with E-state index < -0.39 is 6.61 Å². The van der Waals surface area contributed by atoms with Crippen LogP contribution in [-0.4, -0.2) is 31.1 Å². The number of aliphatic imine (C=N–C) groups is 1. The predicted molar refractivity (Wildman–Crippen MR) is 109 cm³/mol. The van der Waals surface area contributed by atoms with Crippen LogP contribution in [-0.2, 0) is 13.0 Å². The molecule has 0 saturated carbocycles. The number of nitrogens with zero attached hydrogens (tertiary/aromatic N) is 2. The van der Waals surface area contributed by atoms with Crippen LogP contribution in [0, 0.1) is 6.92 Å². The normalized spacial score (nSPS) is 11.0. The summed E-state index contributed by atoms with van der Waals surface area (Å²) < 4.78 is 29.6. The Hall–Kier alpha value is -1.97. The molecule has 0 aliphatic rings. The molecule has 0 fully saturated rings. The first-order valence-corrected chi connectivity index (χ1v) is 7.96. The van der Waals surface area contributed by atoms with Crippen molar-refractivity contribution in [3.8, 4) is 5.75 Å². The Labute approximate surface area is 169 Å². The Bertz CT molecular complexity index is 699. The highest BCUT2D eigenvalue weighted by Crippen LogP contribution is 2.21. The van der Waals surface area contributed by atoms with Gasteiger partial charge in [-0.15, -0.1) is 24.0 Å². The highest BCUT2D eigenvalue weighted by Gasteiger charge is 2.10. The molecule has 0 aliphatic heterocycles. The summed E-state index contributed by atoms with van der Waals surface area (Å²) in [5, 5.41) is 6.30. The molecule has 2 N–H and O–H groups in total. The topological polar surface area (TPSA) is 58.5 Å². The summed E-state index contributed by atoms with van der Waals surface area (Å²) in [5.41, 5.74) is 2.74. The van der Waals surface area contributed by atoms with Gasteiger partial charge in [0.25, 0.3) is 0 Å². The molecule has 0 amide bonds. The molecular formula is C18H23F2IN4O. The predicted octanol–water partition coefficient (Wildman–Crippen LogP) is 3.52. The van der Waals surface area contributed by atoms with Crippen LogP contribution in [0.4, 0.5) is 8.78 Å². The first-order valence-electron chi connectivity index (χ1n) is 7.96. The molecule has 0 saturated heterocycles. The van der Waals surface area contributed by atoms with E-state index in [-0.39, 0.29) is 29.7 Å². The lowest BCUT2D eigenvalue weighted by molar-refractivity contribution is -0.0504. The second-order valence-electron chi connectivity index (χ2n) is 5.45. The van der Waals surface area contributed by atoms with Crippen molar-refractivity contribution in [1.29, 1.82) is 0 Å². The quantitative estimate of drug-likeness (QED) is 0.365. The van der Waals surface area contributed by atoms with Crippen LogP contribution in [0.15, 0.2) is 47.7 Å². The van der Waals surface area contributed by atoms with Crippen LogP contribution < -0.4 is 15.4 Å². The number of aryl methyl sites for hydroxylation is 1. The number of ether oxygens (including phenoxy) is 1. The summed E-state index contributed by atoms with van der Waals surface area (Å²) in [5.74, 6) is 0.757. The van der Waals surface area contributed by atoms with Crippen molar-refractivity contribution in [2.24, 2.45) is 4.99 Å². The summed E-state index contributed by atoms with van der Waals surface area (Å²) in [7, 11) is 1.66. The zero-order valence-electron chi connectivity index (χ0n) is 14.7. The van der Waals surface area contributed by atoms with E-state index in [1.807, 2.05) is 31.3 Å². The van der Waals surface area contributed by atoms with Gasteiger partial charge in [-0.1, -0.05) is 23.8 Å². The van der Waals surface area contributed by atoms with E-state index >= 15 is 0 Å². The van der Waals surface area contributed by atoms with E-state index in [2.05, 4.69) is 25.3 Å². The largest absolute Gasteiger partial charge is 0.434 e. The van der Waals surface area contributed by atoms with Crippen LogP contribution in [0.2, 0.25) is 0 Å². The number of benzene rings is 1. The lowest BCUT2D eigenvalue weighted by Crippen LogP contribution is -2.38. The summed E-state index contributed by atoms with van der Waals surface area (Å²) in [4.78, 5) is 8.21. The molecule has 0 atom stereocenters. The highest BCUT2D eigenvalue weighted by atomic mass is 127. The molecule has 26 heavy (non-hydrogen) atoms. The van der Waals surface area contributed by atoms with Crippen molar-refractivity contribution in [3.05, 3.63) is 59.4 Å². The van der Waals surface area contributed by atoms with Gasteiger partial charge >= 0.3 is 6.61 Å². The minimum absolute atomic E-state index is 0. The maximum absolute atomic E-state index is 12.5. The number of pyridine rings is 1. The van der Waals surface area contributed by atoms with Gasteiger partial charge in [0.1, 0.15) is 5.75 Å². The van der Waals surface area contributed by atoms with Crippen LogP contribution in [0.5, 0.6) is 5.75 Å². The third-order valence-electron chi connectivity index (χ3n) is 3.53. The summed E-state index contributed by atoms with van der Waals surface area (Å²) in [6, 6.07) is 9.00. The Morgan fingerprint density at radius 1 is 1.27 bits per heavy atom. The van der Waals surface area contributed by atoms with E-state index in [1.165, 1.54) is 0 Å². The fourth-order valence-corrected chi connectivity index (χ4v) is 2.33. The fourth-order valence-electron chi connectivity index (χ4n) is 2.33. The summed E-state index contributed by atoms with van der Waals surface area (Å²) in [6.07, 6.45) is 4.36. The smallest absolute Gasteiger partial charge is 0.387 e. The van der Waals surface area contributed by atoms with E-state index in [1.54, 1.807) is 25.4 Å². The van der Waals surface area contributed by atoms with E-state index in [0.29, 0.717) is 24.6 Å². The maximum Gasteiger partial charge on any atom is 0.387 e. The van der Waals surface area contributed by atoms with Crippen LogP contribution in [0.1, 0.15) is 16.7 Å². The Morgan fingerprint density at radius 2 is 2.08 bits per heavy atom. The zero-order valence-corrected chi connectivity index (χ0v) is 17.0. The van der Waals surface area contributed by atoms with Gasteiger partial charge in [0.05, 0.1) is 0 Å². The third-order valence-corrected chi connectivity index (χ3v) is 3.53. The molecule has 1 aromatic carbocycles. The molecule has 142 valence electrons. The molecule has 2 aromatic rings. The molecule has 1 aromatic heterocycles. The van der Waals surface area contributed by atoms with Crippen LogP contribution in [0.3, 0.4) is 0 Å². The molecule has 0 bridgehead atoms. The molecule has 0 aliphatic carbocycles. The molecule has 8 heteroatoms. The fraction of sp³-hybridized carbons (Fsp3) is 0.333. The number of halogens is 3. The van der Waals surface area contributed by atoms with Gasteiger partial charge in [-0.2, -0.15) is 8.78 Å². The van der Waals surface area contributed by atoms with Crippen molar-refractivity contribution in [1.82, 2.24) is 15.6 Å². The van der Waals surface area contributed by atoms with E-state index in [9.17, 15) is 8.78 Å². The molecule has 0 unspecified atom stereocenters. The van der Waals surface area contributed by atoms with Crippen molar-refractivity contribution in [2.45, 2.75) is 26.5 Å². The zero-order chi connectivity index (χ0) is 18.1. The van der Waals surface area contributed by atoms with Crippen molar-refractivity contribution < 1.29 is 13.5 Å². The van der Waals surface area contributed by atoms with Gasteiger partial charge in [0, 0.05) is 38.1 Å². The lowest BCUT2D eigenvalue weighted by atomic mass is 10.1. The number of aromatic nitrogens is 1. The monoisotopic (exact) mass is 476 g/mol. The lowest BCUT2D eigenvalue weighted by Gasteiger charge is -2.15. The third kappa shape index (κ3) is 7.51. The molecule has 2 rings (SSSR count). The van der Waals surface area contributed by atoms with E-state index in [0.717, 1.165) is 17.5 Å². The molecule has 5 nitrogen and oxygen atoms in total. The van der Waals surface area contributed by atoms with Gasteiger partial charge in [-0.3, -0.25) is 9.98 Å². The first kappa shape index (κ1) is 22.1. The highest BCUT2D eigenvalue weighted by molar-refractivity contribution is 14.0. The second-order valence-corrected chi connectivity index (χ2v) is 5.45. The van der Waals surface area contributed by atoms with Gasteiger partial charge in [-0.25, -0.2) is 0 Å². The summed E-state index contributed by atoms with van der Waals surface area (Å²) in [6.45, 7) is 0.0605. The molecule has 0 spiro atoms. The number of guanidine groups is 1. The number of hydrogen-bond donors (Lipinski definition) is 2. The van der Waals surface area contributed by atoms with Gasteiger partial charge < -0.3 is 15.4 Å². The van der Waals surface area contributed by atoms with Gasteiger partial charge in [-0.05, 0) is 31.0 Å². The molecular weight excluding hydrogens is 453 g/mol. The van der Waals surface area contributed by atoms with Gasteiger partial charge in [0.2, 0.25) is 0 Å². The first-order chi connectivity index (χ1) is 12.1. The minimum atomic E-state index is -2.85. The average molecular weight is 476 g/mol. The van der Waals surface area contributed by atoms with E-state index in [4.69, 9.17) is 0 Å². The number of hydrogen-bond acceptors (Lipinski definition) is 3. The number of rotatable bonds is 7. The summed E-state index contributed by atoms with van der Waals surface area (Å²) >= 11 is 0. The van der Waals surface area contributed by atoms with Crippen molar-refractivity contribution >= 4 is 29.9 Å². The van der Waals surface area contributed by atoms with Gasteiger partial charge in [0.15, 0.2) is 5.96 Å².